The van der Waals surface area contributed by atoms with Crippen molar-refractivity contribution in [3.05, 3.63) is 54.0 Å². The molecule has 1 aromatic heterocycles. The van der Waals surface area contributed by atoms with Gasteiger partial charge in [-0.05, 0) is 43.7 Å². The van der Waals surface area contributed by atoms with Crippen molar-refractivity contribution in [3.63, 3.8) is 0 Å². The topological polar surface area (TPSA) is 58.8 Å². The van der Waals surface area contributed by atoms with Crippen LogP contribution in [0, 0.1) is 6.92 Å². The third-order valence-electron chi connectivity index (χ3n) is 2.97. The highest BCUT2D eigenvalue weighted by Crippen LogP contribution is 2.11. The predicted molar refractivity (Wildman–Crippen MR) is 88.2 cm³/mol. The van der Waals surface area contributed by atoms with E-state index in [1.54, 1.807) is 6.26 Å². The van der Waals surface area contributed by atoms with Crippen LogP contribution >= 0.6 is 0 Å². The van der Waals surface area contributed by atoms with Gasteiger partial charge in [0.2, 0.25) is 0 Å². The predicted octanol–water partition coefficient (Wildman–Crippen LogP) is 2.72. The van der Waals surface area contributed by atoms with Crippen molar-refractivity contribution in [1.82, 2.24) is 10.6 Å². The zero-order valence-electron chi connectivity index (χ0n) is 13.1. The van der Waals surface area contributed by atoms with Gasteiger partial charge in [-0.2, -0.15) is 0 Å². The van der Waals surface area contributed by atoms with Crippen LogP contribution in [0.2, 0.25) is 0 Å². The molecule has 1 aromatic carbocycles. The molecule has 22 heavy (non-hydrogen) atoms. The SMILES string of the molecule is CCNC(=NCc1ccco1)NCCOc1cccc(C)c1. The molecule has 0 aliphatic heterocycles. The highest BCUT2D eigenvalue weighted by atomic mass is 16.5. The van der Waals surface area contributed by atoms with E-state index in [2.05, 4.69) is 28.6 Å². The largest absolute Gasteiger partial charge is 0.492 e. The number of furan rings is 1. The number of rotatable bonds is 7. The van der Waals surface area contributed by atoms with Crippen LogP contribution in [0.15, 0.2) is 52.1 Å². The lowest BCUT2D eigenvalue weighted by Gasteiger charge is -2.12. The summed E-state index contributed by atoms with van der Waals surface area (Å²) in [6.07, 6.45) is 1.65. The number of hydrogen-bond acceptors (Lipinski definition) is 3. The van der Waals surface area contributed by atoms with Crippen molar-refractivity contribution in [2.45, 2.75) is 20.4 Å². The number of ether oxygens (including phenoxy) is 1. The maximum Gasteiger partial charge on any atom is 0.191 e. The van der Waals surface area contributed by atoms with Crippen LogP contribution in [0.5, 0.6) is 5.75 Å². The fourth-order valence-electron chi connectivity index (χ4n) is 1.94. The van der Waals surface area contributed by atoms with Crippen molar-refractivity contribution >= 4 is 5.96 Å². The lowest BCUT2D eigenvalue weighted by molar-refractivity contribution is 0.321. The number of nitrogens with zero attached hydrogens (tertiary/aromatic N) is 1. The van der Waals surface area contributed by atoms with Crippen LogP contribution in [-0.2, 0) is 6.54 Å². The molecule has 0 radical (unpaired) electrons. The fourth-order valence-corrected chi connectivity index (χ4v) is 1.94. The van der Waals surface area contributed by atoms with Gasteiger partial charge in [0.15, 0.2) is 5.96 Å². The van der Waals surface area contributed by atoms with E-state index in [0.29, 0.717) is 19.7 Å². The molecule has 0 atom stereocenters. The zero-order valence-corrected chi connectivity index (χ0v) is 13.1. The van der Waals surface area contributed by atoms with E-state index in [9.17, 15) is 0 Å². The van der Waals surface area contributed by atoms with Crippen LogP contribution in [-0.4, -0.2) is 25.7 Å². The van der Waals surface area contributed by atoms with Crippen molar-refractivity contribution in [2.75, 3.05) is 19.7 Å². The van der Waals surface area contributed by atoms with Gasteiger partial charge in [0.1, 0.15) is 24.7 Å². The molecule has 0 aliphatic rings. The average Bonchev–Trinajstić information content (AvgIpc) is 3.02. The first kappa shape index (κ1) is 15.9. The second kappa shape index (κ2) is 8.77. The van der Waals surface area contributed by atoms with E-state index < -0.39 is 0 Å². The van der Waals surface area contributed by atoms with E-state index in [1.165, 1.54) is 5.56 Å². The summed E-state index contributed by atoms with van der Waals surface area (Å²) in [4.78, 5) is 4.46. The zero-order chi connectivity index (χ0) is 15.6. The maximum atomic E-state index is 5.70. The van der Waals surface area contributed by atoms with Gasteiger partial charge in [0, 0.05) is 6.54 Å². The average molecular weight is 301 g/mol. The number of nitrogens with one attached hydrogen (secondary N) is 2. The third-order valence-corrected chi connectivity index (χ3v) is 2.97. The normalized spacial score (nSPS) is 11.3. The molecule has 0 fully saturated rings. The van der Waals surface area contributed by atoms with Crippen molar-refractivity contribution in [2.24, 2.45) is 4.99 Å². The Morgan fingerprint density at radius 2 is 2.14 bits per heavy atom. The summed E-state index contributed by atoms with van der Waals surface area (Å²) in [5, 5.41) is 6.43. The van der Waals surface area contributed by atoms with E-state index in [4.69, 9.17) is 9.15 Å². The monoisotopic (exact) mass is 301 g/mol. The van der Waals surface area contributed by atoms with E-state index in [-0.39, 0.29) is 0 Å². The van der Waals surface area contributed by atoms with Crippen LogP contribution in [0.4, 0.5) is 0 Å². The first-order valence-electron chi connectivity index (χ1n) is 7.52. The van der Waals surface area contributed by atoms with Crippen LogP contribution in [0.1, 0.15) is 18.2 Å². The number of aryl methyl sites for hydroxylation is 1. The molecule has 0 unspecified atom stereocenters. The molecule has 0 aliphatic carbocycles. The Labute approximate surface area is 131 Å². The van der Waals surface area contributed by atoms with Crippen LogP contribution in [0.3, 0.4) is 0 Å². The first-order valence-corrected chi connectivity index (χ1v) is 7.52. The minimum Gasteiger partial charge on any atom is -0.492 e. The second-order valence-corrected chi connectivity index (χ2v) is 4.87. The van der Waals surface area contributed by atoms with Gasteiger partial charge in [-0.1, -0.05) is 12.1 Å². The highest BCUT2D eigenvalue weighted by Gasteiger charge is 1.99. The Morgan fingerprint density at radius 3 is 2.86 bits per heavy atom. The van der Waals surface area contributed by atoms with E-state index in [0.717, 1.165) is 24.0 Å². The maximum absolute atomic E-state index is 5.70. The molecule has 0 spiro atoms. The summed E-state index contributed by atoms with van der Waals surface area (Å²) in [5.74, 6) is 2.49. The Balaban J connectivity index is 1.75. The quantitative estimate of drug-likeness (QED) is 0.469. The van der Waals surface area contributed by atoms with Crippen molar-refractivity contribution in [1.29, 1.82) is 0 Å². The number of aliphatic imine (C=N–C) groups is 1. The summed E-state index contributed by atoms with van der Waals surface area (Å²) in [6.45, 7) is 6.67. The van der Waals surface area contributed by atoms with Gasteiger partial charge >= 0.3 is 0 Å². The molecule has 0 amide bonds. The summed E-state index contributed by atoms with van der Waals surface area (Å²) in [7, 11) is 0. The summed E-state index contributed by atoms with van der Waals surface area (Å²) in [6, 6.07) is 11.8. The highest BCUT2D eigenvalue weighted by molar-refractivity contribution is 5.79. The summed E-state index contributed by atoms with van der Waals surface area (Å²) in [5.41, 5.74) is 1.19. The fraction of sp³-hybridized carbons (Fsp3) is 0.353. The van der Waals surface area contributed by atoms with Gasteiger partial charge in [0.05, 0.1) is 12.8 Å². The minimum absolute atomic E-state index is 0.515. The van der Waals surface area contributed by atoms with Crippen molar-refractivity contribution in [3.8, 4) is 5.75 Å². The Morgan fingerprint density at radius 1 is 1.23 bits per heavy atom. The summed E-state index contributed by atoms with van der Waals surface area (Å²) >= 11 is 0. The molecule has 0 saturated carbocycles. The smallest absolute Gasteiger partial charge is 0.191 e. The Bertz CT molecular complexity index is 579. The van der Waals surface area contributed by atoms with Gasteiger partial charge in [-0.3, -0.25) is 0 Å². The number of benzene rings is 1. The molecule has 0 bridgehead atoms. The molecular formula is C17H23N3O2. The molecule has 2 rings (SSSR count). The molecule has 1 heterocycles. The summed E-state index contributed by atoms with van der Waals surface area (Å²) < 4.78 is 11.0. The first-order chi connectivity index (χ1) is 10.8. The van der Waals surface area contributed by atoms with Crippen LogP contribution in [0.25, 0.3) is 0 Å². The van der Waals surface area contributed by atoms with Gasteiger partial charge in [0.25, 0.3) is 0 Å². The Hall–Kier alpha value is -2.43. The standard InChI is InChI=1S/C17H23N3O2/c1-3-18-17(20-13-16-8-5-10-21-16)19-9-11-22-15-7-4-6-14(2)12-15/h4-8,10,12H,3,9,11,13H2,1-2H3,(H2,18,19,20). The number of hydrogen-bond donors (Lipinski definition) is 2. The van der Waals surface area contributed by atoms with Crippen LogP contribution < -0.4 is 15.4 Å². The molecule has 5 nitrogen and oxygen atoms in total. The van der Waals surface area contributed by atoms with E-state index >= 15 is 0 Å². The van der Waals surface area contributed by atoms with Gasteiger partial charge in [-0.25, -0.2) is 4.99 Å². The second-order valence-electron chi connectivity index (χ2n) is 4.87. The lowest BCUT2D eigenvalue weighted by Crippen LogP contribution is -2.39. The Kier molecular flexibility index (Phi) is 6.36. The van der Waals surface area contributed by atoms with E-state index in [1.807, 2.05) is 37.3 Å². The van der Waals surface area contributed by atoms with Gasteiger partial charge < -0.3 is 19.8 Å². The molecule has 2 aromatic rings. The molecule has 2 N–H and O–H groups in total. The molecule has 118 valence electrons. The molecule has 5 heteroatoms. The molecular weight excluding hydrogens is 278 g/mol. The van der Waals surface area contributed by atoms with Gasteiger partial charge in [-0.15, -0.1) is 0 Å². The lowest BCUT2D eigenvalue weighted by atomic mass is 10.2. The van der Waals surface area contributed by atoms with Crippen molar-refractivity contribution < 1.29 is 9.15 Å². The minimum atomic E-state index is 0.515. The number of guanidine groups is 1. The third kappa shape index (κ3) is 5.52. The molecule has 0 saturated heterocycles.